The van der Waals surface area contributed by atoms with Gasteiger partial charge in [-0.05, 0) is 33.1 Å². The third-order valence-electron chi connectivity index (χ3n) is 3.41. The van der Waals surface area contributed by atoms with Gasteiger partial charge in [0, 0.05) is 19.1 Å². The summed E-state index contributed by atoms with van der Waals surface area (Å²) in [5.74, 6) is -0.870. The first-order valence-corrected chi connectivity index (χ1v) is 6.20. The molecule has 0 aromatic rings. The van der Waals surface area contributed by atoms with Crippen LogP contribution < -0.4 is 0 Å². The second-order valence-corrected chi connectivity index (χ2v) is 4.90. The SMILES string of the molecule is CCN(C(=O)N1CCC(C)C1C(=O)O)C(C)C. The number of hydrogen-bond acceptors (Lipinski definition) is 2. The Hall–Kier alpha value is -1.26. The summed E-state index contributed by atoms with van der Waals surface area (Å²) in [5, 5.41) is 9.18. The molecule has 1 N–H and O–H groups in total. The molecule has 1 aliphatic rings. The standard InChI is InChI=1S/C12H22N2O3/c1-5-13(8(2)3)12(17)14-7-6-9(4)10(14)11(15)16/h8-10H,5-7H2,1-4H3,(H,15,16). The molecule has 0 aromatic carbocycles. The van der Waals surface area contributed by atoms with Gasteiger partial charge in [-0.1, -0.05) is 6.92 Å². The molecule has 17 heavy (non-hydrogen) atoms. The Labute approximate surface area is 102 Å². The minimum atomic E-state index is -0.900. The van der Waals surface area contributed by atoms with Crippen LogP contribution in [-0.4, -0.2) is 52.1 Å². The zero-order valence-electron chi connectivity index (χ0n) is 11.0. The molecule has 1 fully saturated rings. The maximum atomic E-state index is 12.3. The topological polar surface area (TPSA) is 60.9 Å². The number of carbonyl (C=O) groups excluding carboxylic acids is 1. The van der Waals surface area contributed by atoms with Crippen molar-refractivity contribution < 1.29 is 14.7 Å². The molecule has 0 aromatic heterocycles. The first-order valence-electron chi connectivity index (χ1n) is 6.20. The van der Waals surface area contributed by atoms with Gasteiger partial charge < -0.3 is 14.9 Å². The van der Waals surface area contributed by atoms with Crippen LogP contribution in [0.1, 0.15) is 34.1 Å². The fourth-order valence-corrected chi connectivity index (χ4v) is 2.42. The quantitative estimate of drug-likeness (QED) is 0.818. The molecule has 2 amide bonds. The number of likely N-dealkylation sites (tertiary alicyclic amines) is 1. The maximum Gasteiger partial charge on any atom is 0.326 e. The lowest BCUT2D eigenvalue weighted by Gasteiger charge is -2.32. The van der Waals surface area contributed by atoms with Gasteiger partial charge in [-0.15, -0.1) is 0 Å². The average Bonchev–Trinajstić information content (AvgIpc) is 2.60. The Balaban J connectivity index is 2.84. The maximum absolute atomic E-state index is 12.3. The molecule has 0 spiro atoms. The lowest BCUT2D eigenvalue weighted by Crippen LogP contribution is -2.51. The minimum absolute atomic E-state index is 0.0299. The molecule has 1 heterocycles. The first kappa shape index (κ1) is 13.8. The molecular weight excluding hydrogens is 220 g/mol. The number of amides is 2. The third-order valence-corrected chi connectivity index (χ3v) is 3.41. The molecule has 5 nitrogen and oxygen atoms in total. The summed E-state index contributed by atoms with van der Waals surface area (Å²) < 4.78 is 0. The van der Waals surface area contributed by atoms with Gasteiger partial charge in [0.25, 0.3) is 0 Å². The van der Waals surface area contributed by atoms with Crippen molar-refractivity contribution in [3.63, 3.8) is 0 Å². The second-order valence-electron chi connectivity index (χ2n) is 4.90. The molecule has 2 atom stereocenters. The lowest BCUT2D eigenvalue weighted by molar-refractivity contribution is -0.142. The van der Waals surface area contributed by atoms with Crippen molar-refractivity contribution in [1.29, 1.82) is 0 Å². The van der Waals surface area contributed by atoms with Gasteiger partial charge in [0.2, 0.25) is 0 Å². The predicted molar refractivity (Wildman–Crippen MR) is 64.8 cm³/mol. The Kier molecular flexibility index (Phi) is 4.37. The van der Waals surface area contributed by atoms with E-state index in [4.69, 9.17) is 0 Å². The fraction of sp³-hybridized carbons (Fsp3) is 0.833. The number of carbonyl (C=O) groups is 2. The molecule has 0 bridgehead atoms. The monoisotopic (exact) mass is 242 g/mol. The number of carboxylic acids is 1. The van der Waals surface area contributed by atoms with Crippen molar-refractivity contribution in [3.05, 3.63) is 0 Å². The largest absolute Gasteiger partial charge is 0.480 e. The fourth-order valence-electron chi connectivity index (χ4n) is 2.42. The molecule has 1 saturated heterocycles. The van der Waals surface area contributed by atoms with Gasteiger partial charge in [0.05, 0.1) is 0 Å². The van der Waals surface area contributed by atoms with Gasteiger partial charge >= 0.3 is 12.0 Å². The molecule has 1 aliphatic heterocycles. The lowest BCUT2D eigenvalue weighted by atomic mass is 10.0. The van der Waals surface area contributed by atoms with Crippen molar-refractivity contribution in [2.45, 2.75) is 46.2 Å². The number of nitrogens with zero attached hydrogens (tertiary/aromatic N) is 2. The highest BCUT2D eigenvalue weighted by Gasteiger charge is 2.41. The summed E-state index contributed by atoms with van der Waals surface area (Å²) in [6.45, 7) is 8.83. The van der Waals surface area contributed by atoms with Gasteiger partial charge in [0.15, 0.2) is 0 Å². The Morgan fingerprint density at radius 2 is 2.06 bits per heavy atom. The number of hydrogen-bond donors (Lipinski definition) is 1. The smallest absolute Gasteiger partial charge is 0.326 e. The van der Waals surface area contributed by atoms with Crippen LogP contribution >= 0.6 is 0 Å². The molecular formula is C12H22N2O3. The van der Waals surface area contributed by atoms with E-state index in [1.165, 1.54) is 4.90 Å². The number of carboxylic acid groups (broad SMARTS) is 1. The van der Waals surface area contributed by atoms with E-state index < -0.39 is 12.0 Å². The summed E-state index contributed by atoms with van der Waals surface area (Å²) in [4.78, 5) is 26.7. The number of rotatable bonds is 3. The van der Waals surface area contributed by atoms with Gasteiger partial charge in [-0.3, -0.25) is 0 Å². The van der Waals surface area contributed by atoms with Crippen molar-refractivity contribution in [2.75, 3.05) is 13.1 Å². The normalized spacial score (nSPS) is 24.2. The van der Waals surface area contributed by atoms with Crippen molar-refractivity contribution in [2.24, 2.45) is 5.92 Å². The van der Waals surface area contributed by atoms with Gasteiger partial charge in [-0.2, -0.15) is 0 Å². The highest BCUT2D eigenvalue weighted by Crippen LogP contribution is 2.25. The minimum Gasteiger partial charge on any atom is -0.480 e. The van der Waals surface area contributed by atoms with Crippen LogP contribution in [0.4, 0.5) is 4.79 Å². The van der Waals surface area contributed by atoms with E-state index in [9.17, 15) is 14.7 Å². The van der Waals surface area contributed by atoms with Crippen LogP contribution in [0.2, 0.25) is 0 Å². The summed E-state index contributed by atoms with van der Waals surface area (Å²) in [6.07, 6.45) is 0.762. The highest BCUT2D eigenvalue weighted by molar-refractivity contribution is 5.83. The molecule has 0 aliphatic carbocycles. The Morgan fingerprint density at radius 3 is 2.47 bits per heavy atom. The van der Waals surface area contributed by atoms with E-state index in [0.29, 0.717) is 13.1 Å². The summed E-state index contributed by atoms with van der Waals surface area (Å²) >= 11 is 0. The Morgan fingerprint density at radius 1 is 1.47 bits per heavy atom. The highest BCUT2D eigenvalue weighted by atomic mass is 16.4. The molecule has 2 unspecified atom stereocenters. The van der Waals surface area contributed by atoms with Crippen LogP contribution in [0.5, 0.6) is 0 Å². The average molecular weight is 242 g/mol. The Bertz CT molecular complexity index is 304. The molecule has 1 rings (SSSR count). The summed E-state index contributed by atoms with van der Waals surface area (Å²) in [7, 11) is 0. The van der Waals surface area contributed by atoms with Crippen molar-refractivity contribution in [3.8, 4) is 0 Å². The van der Waals surface area contributed by atoms with E-state index in [1.807, 2.05) is 27.7 Å². The van der Waals surface area contributed by atoms with Crippen LogP contribution in [-0.2, 0) is 4.79 Å². The van der Waals surface area contributed by atoms with Crippen LogP contribution in [0.15, 0.2) is 0 Å². The number of urea groups is 1. The first-order chi connectivity index (χ1) is 7.90. The predicted octanol–water partition coefficient (Wildman–Crippen LogP) is 1.63. The van der Waals surface area contributed by atoms with E-state index in [2.05, 4.69) is 0 Å². The van der Waals surface area contributed by atoms with Crippen LogP contribution in [0, 0.1) is 5.92 Å². The van der Waals surface area contributed by atoms with Crippen molar-refractivity contribution in [1.82, 2.24) is 9.80 Å². The number of aliphatic carboxylic acids is 1. The second kappa shape index (κ2) is 5.38. The van der Waals surface area contributed by atoms with E-state index >= 15 is 0 Å². The zero-order valence-corrected chi connectivity index (χ0v) is 11.0. The van der Waals surface area contributed by atoms with Crippen LogP contribution in [0.25, 0.3) is 0 Å². The summed E-state index contributed by atoms with van der Waals surface area (Å²) in [5.41, 5.74) is 0. The zero-order chi connectivity index (χ0) is 13.2. The molecule has 98 valence electrons. The van der Waals surface area contributed by atoms with Crippen molar-refractivity contribution >= 4 is 12.0 Å². The molecule has 5 heteroatoms. The third kappa shape index (κ3) is 2.70. The van der Waals surface area contributed by atoms with E-state index in [1.54, 1.807) is 4.90 Å². The van der Waals surface area contributed by atoms with Gasteiger partial charge in [-0.25, -0.2) is 9.59 Å². The van der Waals surface area contributed by atoms with Gasteiger partial charge in [0.1, 0.15) is 6.04 Å². The van der Waals surface area contributed by atoms with E-state index in [0.717, 1.165) is 6.42 Å². The van der Waals surface area contributed by atoms with Crippen LogP contribution in [0.3, 0.4) is 0 Å². The molecule has 0 saturated carbocycles. The summed E-state index contributed by atoms with van der Waals surface area (Å²) in [6, 6.07) is -0.729. The van der Waals surface area contributed by atoms with E-state index in [-0.39, 0.29) is 18.0 Å². The molecule has 0 radical (unpaired) electrons.